The maximum Gasteiger partial charge on any atom is 0.322 e. The van der Waals surface area contributed by atoms with E-state index in [0.29, 0.717) is 6.54 Å². The molecule has 2 aromatic carbocycles. The molecule has 0 bridgehead atoms. The molecule has 1 saturated heterocycles. The van der Waals surface area contributed by atoms with E-state index in [1.807, 2.05) is 25.7 Å². The molecule has 2 amide bonds. The lowest BCUT2D eigenvalue weighted by molar-refractivity contribution is 0.159. The lowest BCUT2D eigenvalue weighted by Gasteiger charge is -2.40. The Morgan fingerprint density at radius 2 is 1.77 bits per heavy atom. The van der Waals surface area contributed by atoms with Gasteiger partial charge in [-0.3, -0.25) is 9.80 Å². The van der Waals surface area contributed by atoms with E-state index in [1.165, 1.54) is 17.2 Å². The molecule has 1 N–H and O–H groups in total. The number of carbonyl (C=O) groups is 1. The van der Waals surface area contributed by atoms with Crippen molar-refractivity contribution in [3.63, 3.8) is 0 Å². The minimum Gasteiger partial charge on any atom is -0.333 e. The van der Waals surface area contributed by atoms with Crippen LogP contribution in [0.5, 0.6) is 0 Å². The van der Waals surface area contributed by atoms with Gasteiger partial charge in [-0.15, -0.1) is 0 Å². The van der Waals surface area contributed by atoms with Gasteiger partial charge in [-0.05, 0) is 83.0 Å². The molecule has 4 rings (SSSR count). The number of anilines is 1. The molecule has 1 fully saturated rings. The van der Waals surface area contributed by atoms with Crippen molar-refractivity contribution in [2.45, 2.75) is 58.0 Å². The molecule has 0 aliphatic carbocycles. The van der Waals surface area contributed by atoms with Gasteiger partial charge in [0.1, 0.15) is 5.82 Å². The van der Waals surface area contributed by atoms with Gasteiger partial charge in [0.2, 0.25) is 0 Å². The monoisotopic (exact) mass is 409 g/mol. The van der Waals surface area contributed by atoms with Crippen LogP contribution in [0.3, 0.4) is 0 Å². The number of rotatable bonds is 2. The van der Waals surface area contributed by atoms with Crippen molar-refractivity contribution in [3.05, 3.63) is 65.0 Å². The highest BCUT2D eigenvalue weighted by molar-refractivity contribution is 5.95. The number of hydrogen-bond acceptors (Lipinski definition) is 2. The van der Waals surface area contributed by atoms with Crippen LogP contribution in [0.1, 0.15) is 50.3 Å². The summed E-state index contributed by atoms with van der Waals surface area (Å²) in [5, 5.41) is 3.07. The molecule has 2 heterocycles. The Morgan fingerprint density at radius 1 is 1.10 bits per heavy atom. The van der Waals surface area contributed by atoms with Gasteiger partial charge in [0, 0.05) is 29.7 Å². The fourth-order valence-electron chi connectivity index (χ4n) is 4.73. The predicted octanol–water partition coefficient (Wildman–Crippen LogP) is 5.00. The van der Waals surface area contributed by atoms with Crippen molar-refractivity contribution in [2.24, 2.45) is 0 Å². The van der Waals surface area contributed by atoms with Gasteiger partial charge in [0.05, 0.1) is 0 Å². The number of carbonyl (C=O) groups excluding carboxylic acids is 1. The van der Waals surface area contributed by atoms with E-state index in [0.717, 1.165) is 43.7 Å². The number of halogens is 1. The van der Waals surface area contributed by atoms with Crippen molar-refractivity contribution in [1.82, 2.24) is 10.2 Å². The van der Waals surface area contributed by atoms with E-state index < -0.39 is 0 Å². The van der Waals surface area contributed by atoms with E-state index in [2.05, 4.69) is 41.4 Å². The number of amides is 2. The lowest BCUT2D eigenvalue weighted by Crippen LogP contribution is -2.51. The zero-order valence-corrected chi connectivity index (χ0v) is 18.5. The smallest absolute Gasteiger partial charge is 0.322 e. The van der Waals surface area contributed by atoms with E-state index >= 15 is 0 Å². The van der Waals surface area contributed by atoms with Crippen molar-refractivity contribution >= 4 is 11.7 Å². The molecule has 0 radical (unpaired) electrons. The van der Waals surface area contributed by atoms with E-state index in [-0.39, 0.29) is 22.8 Å². The number of likely N-dealkylation sites (tertiary alicyclic amines) is 1. The third kappa shape index (κ3) is 4.22. The Balaban J connectivity index is 1.52. The van der Waals surface area contributed by atoms with Gasteiger partial charge in [-0.25, -0.2) is 9.18 Å². The van der Waals surface area contributed by atoms with Crippen LogP contribution in [0.4, 0.5) is 14.9 Å². The first-order valence-electron chi connectivity index (χ1n) is 10.8. The largest absolute Gasteiger partial charge is 0.333 e. The van der Waals surface area contributed by atoms with E-state index in [9.17, 15) is 9.18 Å². The van der Waals surface area contributed by atoms with Crippen LogP contribution in [-0.2, 0) is 12.0 Å². The van der Waals surface area contributed by atoms with Gasteiger partial charge in [-0.1, -0.05) is 29.8 Å². The fourth-order valence-corrected chi connectivity index (χ4v) is 4.73. The number of fused-ring (bicyclic) bond motifs is 2. The van der Waals surface area contributed by atoms with E-state index in [1.54, 1.807) is 12.1 Å². The Hall–Kier alpha value is -2.40. The van der Waals surface area contributed by atoms with Crippen molar-refractivity contribution in [3.8, 4) is 0 Å². The highest BCUT2D eigenvalue weighted by Crippen LogP contribution is 2.47. The third-order valence-corrected chi connectivity index (χ3v) is 6.35. The average Bonchev–Trinajstić information content (AvgIpc) is 2.98. The number of nitrogens with one attached hydrogen (secondary N) is 1. The summed E-state index contributed by atoms with van der Waals surface area (Å²) in [5.74, 6) is -0.228. The van der Waals surface area contributed by atoms with Gasteiger partial charge in [0.15, 0.2) is 0 Å². The summed E-state index contributed by atoms with van der Waals surface area (Å²) in [4.78, 5) is 17.3. The Kier molecular flexibility index (Phi) is 5.35. The standard InChI is InChI=1S/C25H32FN3O/c1-18-5-7-19(8-6-18)16-28-13-11-25(12-14-28)17-29(23(30)27-24(2,3)4)22-10-9-20(26)15-21(22)25/h5-10,15H,11-14,16-17H2,1-4H3,(H,27,30). The van der Waals surface area contributed by atoms with Gasteiger partial charge in [-0.2, -0.15) is 0 Å². The summed E-state index contributed by atoms with van der Waals surface area (Å²) in [5.41, 5.74) is 3.95. The maximum absolute atomic E-state index is 14.2. The SMILES string of the molecule is Cc1ccc(CN2CCC3(CC2)CN(C(=O)NC(C)(C)C)c2ccc(F)cc23)cc1. The fraction of sp³-hybridized carbons (Fsp3) is 0.480. The zero-order chi connectivity index (χ0) is 21.5. The second kappa shape index (κ2) is 7.69. The van der Waals surface area contributed by atoms with Crippen LogP contribution in [0.25, 0.3) is 0 Å². The molecule has 2 aromatic rings. The molecule has 0 saturated carbocycles. The second-order valence-corrected chi connectivity index (χ2v) is 9.97. The highest BCUT2D eigenvalue weighted by atomic mass is 19.1. The van der Waals surface area contributed by atoms with Crippen LogP contribution in [-0.4, -0.2) is 36.1 Å². The Labute approximate surface area is 179 Å². The van der Waals surface area contributed by atoms with Crippen LogP contribution in [0.15, 0.2) is 42.5 Å². The van der Waals surface area contributed by atoms with Gasteiger partial charge >= 0.3 is 6.03 Å². The predicted molar refractivity (Wildman–Crippen MR) is 119 cm³/mol. The number of nitrogens with zero attached hydrogens (tertiary/aromatic N) is 2. The number of benzene rings is 2. The zero-order valence-electron chi connectivity index (χ0n) is 18.5. The highest BCUT2D eigenvalue weighted by Gasteiger charge is 2.46. The molecule has 4 nitrogen and oxygen atoms in total. The van der Waals surface area contributed by atoms with Gasteiger partial charge in [0.25, 0.3) is 0 Å². The summed E-state index contributed by atoms with van der Waals surface area (Å²) in [6.45, 7) is 11.5. The number of aryl methyl sites for hydroxylation is 1. The van der Waals surface area contributed by atoms with Crippen LogP contribution < -0.4 is 10.2 Å². The van der Waals surface area contributed by atoms with Crippen molar-refractivity contribution in [1.29, 1.82) is 0 Å². The van der Waals surface area contributed by atoms with Crippen LogP contribution in [0, 0.1) is 12.7 Å². The quantitative estimate of drug-likeness (QED) is 0.758. The summed E-state index contributed by atoms with van der Waals surface area (Å²) in [7, 11) is 0. The first kappa shape index (κ1) is 20.9. The average molecular weight is 410 g/mol. The first-order valence-corrected chi connectivity index (χ1v) is 10.8. The minimum absolute atomic E-state index is 0.102. The number of piperidine rings is 1. The Morgan fingerprint density at radius 3 is 2.40 bits per heavy atom. The summed E-state index contributed by atoms with van der Waals surface area (Å²) in [6.07, 6.45) is 1.85. The molecule has 2 aliphatic heterocycles. The van der Waals surface area contributed by atoms with E-state index in [4.69, 9.17) is 0 Å². The normalized spacial score (nSPS) is 18.5. The van der Waals surface area contributed by atoms with Crippen LogP contribution in [0.2, 0.25) is 0 Å². The molecule has 0 atom stereocenters. The third-order valence-electron chi connectivity index (χ3n) is 6.35. The molecule has 5 heteroatoms. The molecule has 160 valence electrons. The summed E-state index contributed by atoms with van der Waals surface area (Å²) < 4.78 is 14.2. The molecular weight excluding hydrogens is 377 g/mol. The molecule has 30 heavy (non-hydrogen) atoms. The van der Waals surface area contributed by atoms with Crippen LogP contribution >= 0.6 is 0 Å². The summed E-state index contributed by atoms with van der Waals surface area (Å²) in [6, 6.07) is 13.5. The molecule has 1 spiro atoms. The van der Waals surface area contributed by atoms with Crippen molar-refractivity contribution < 1.29 is 9.18 Å². The lowest BCUT2D eigenvalue weighted by atomic mass is 9.74. The molecule has 2 aliphatic rings. The first-order chi connectivity index (χ1) is 14.2. The topological polar surface area (TPSA) is 35.6 Å². The number of urea groups is 1. The molecule has 0 aromatic heterocycles. The van der Waals surface area contributed by atoms with Gasteiger partial charge < -0.3 is 5.32 Å². The second-order valence-electron chi connectivity index (χ2n) is 9.97. The molecule has 0 unspecified atom stereocenters. The molecular formula is C25H32FN3O. The maximum atomic E-state index is 14.2. The van der Waals surface area contributed by atoms with Crippen molar-refractivity contribution in [2.75, 3.05) is 24.5 Å². The summed E-state index contributed by atoms with van der Waals surface area (Å²) >= 11 is 0. The minimum atomic E-state index is -0.315. The Bertz CT molecular complexity index is 924. The number of hydrogen-bond donors (Lipinski definition) is 1.